The van der Waals surface area contributed by atoms with E-state index in [0.29, 0.717) is 30.4 Å². The number of nitrogens with one attached hydrogen (secondary N) is 1. The SMILES string of the molecule is CCOCCOC(C)C(=O)NC(CC(=O)OC)c1ccccc1Cl. The van der Waals surface area contributed by atoms with Gasteiger partial charge in [0.1, 0.15) is 6.10 Å². The van der Waals surface area contributed by atoms with Crippen LogP contribution in [0.25, 0.3) is 0 Å². The largest absolute Gasteiger partial charge is 0.469 e. The van der Waals surface area contributed by atoms with Crippen molar-refractivity contribution < 1.29 is 23.8 Å². The number of amides is 1. The first kappa shape index (κ1) is 20.4. The lowest BCUT2D eigenvalue weighted by Gasteiger charge is -2.21. The third kappa shape index (κ3) is 6.86. The standard InChI is InChI=1S/C17H24ClNO5/c1-4-23-9-10-24-12(2)17(21)19-15(11-16(20)22-3)13-7-5-6-8-14(13)18/h5-8,12,15H,4,9-11H2,1-3H3,(H,19,21). The Labute approximate surface area is 147 Å². The number of rotatable bonds is 10. The fourth-order valence-corrected chi connectivity index (χ4v) is 2.31. The molecule has 0 radical (unpaired) electrons. The molecule has 0 fully saturated rings. The predicted molar refractivity (Wildman–Crippen MR) is 90.9 cm³/mol. The highest BCUT2D eigenvalue weighted by molar-refractivity contribution is 6.31. The molecule has 0 saturated heterocycles. The summed E-state index contributed by atoms with van der Waals surface area (Å²) in [4.78, 5) is 23.9. The van der Waals surface area contributed by atoms with Crippen LogP contribution in [-0.2, 0) is 23.8 Å². The average molecular weight is 358 g/mol. The van der Waals surface area contributed by atoms with Crippen molar-refractivity contribution in [2.24, 2.45) is 0 Å². The third-order valence-electron chi connectivity index (χ3n) is 3.36. The first-order valence-corrected chi connectivity index (χ1v) is 8.18. The molecule has 1 rings (SSSR count). The number of ether oxygens (including phenoxy) is 3. The zero-order valence-electron chi connectivity index (χ0n) is 14.2. The fraction of sp³-hybridized carbons (Fsp3) is 0.529. The van der Waals surface area contributed by atoms with Crippen LogP contribution in [0.3, 0.4) is 0 Å². The summed E-state index contributed by atoms with van der Waals surface area (Å²) < 4.78 is 15.3. The van der Waals surface area contributed by atoms with Gasteiger partial charge in [0.25, 0.3) is 0 Å². The van der Waals surface area contributed by atoms with Gasteiger partial charge < -0.3 is 19.5 Å². The van der Waals surface area contributed by atoms with E-state index in [2.05, 4.69) is 5.32 Å². The molecule has 134 valence electrons. The van der Waals surface area contributed by atoms with E-state index in [1.165, 1.54) is 7.11 Å². The zero-order chi connectivity index (χ0) is 17.9. The van der Waals surface area contributed by atoms with Crippen LogP contribution in [-0.4, -0.2) is 44.9 Å². The number of halogens is 1. The average Bonchev–Trinajstić information content (AvgIpc) is 2.58. The van der Waals surface area contributed by atoms with Crippen molar-refractivity contribution in [3.63, 3.8) is 0 Å². The molecule has 0 saturated carbocycles. The molecule has 7 heteroatoms. The fourth-order valence-electron chi connectivity index (χ4n) is 2.04. The molecule has 1 amide bonds. The van der Waals surface area contributed by atoms with Gasteiger partial charge >= 0.3 is 5.97 Å². The van der Waals surface area contributed by atoms with Crippen LogP contribution >= 0.6 is 11.6 Å². The minimum absolute atomic E-state index is 0.0162. The smallest absolute Gasteiger partial charge is 0.307 e. The van der Waals surface area contributed by atoms with E-state index >= 15 is 0 Å². The maximum absolute atomic E-state index is 12.3. The first-order valence-electron chi connectivity index (χ1n) is 7.80. The molecule has 0 aliphatic heterocycles. The first-order chi connectivity index (χ1) is 11.5. The summed E-state index contributed by atoms with van der Waals surface area (Å²) in [6.45, 7) is 4.86. The number of benzene rings is 1. The van der Waals surface area contributed by atoms with Crippen molar-refractivity contribution in [3.05, 3.63) is 34.9 Å². The summed E-state index contributed by atoms with van der Waals surface area (Å²) in [7, 11) is 1.30. The third-order valence-corrected chi connectivity index (χ3v) is 3.71. The van der Waals surface area contributed by atoms with Crippen molar-refractivity contribution in [1.82, 2.24) is 5.32 Å². The molecule has 1 aromatic carbocycles. The van der Waals surface area contributed by atoms with Crippen molar-refractivity contribution >= 4 is 23.5 Å². The Morgan fingerprint density at radius 2 is 1.96 bits per heavy atom. The molecule has 2 atom stereocenters. The van der Waals surface area contributed by atoms with E-state index in [4.69, 9.17) is 25.8 Å². The highest BCUT2D eigenvalue weighted by atomic mass is 35.5. The van der Waals surface area contributed by atoms with Gasteiger partial charge in [0.05, 0.1) is 32.8 Å². The molecule has 0 spiro atoms. The number of methoxy groups -OCH3 is 1. The van der Waals surface area contributed by atoms with Gasteiger partial charge in [-0.1, -0.05) is 29.8 Å². The van der Waals surface area contributed by atoms with Crippen LogP contribution in [0.15, 0.2) is 24.3 Å². The lowest BCUT2D eigenvalue weighted by Crippen LogP contribution is -2.38. The van der Waals surface area contributed by atoms with Gasteiger partial charge in [-0.05, 0) is 25.5 Å². The molecular weight excluding hydrogens is 334 g/mol. The number of carbonyl (C=O) groups is 2. The molecule has 0 aliphatic carbocycles. The summed E-state index contributed by atoms with van der Waals surface area (Å²) in [5, 5.41) is 3.26. The quantitative estimate of drug-likeness (QED) is 0.514. The molecule has 0 bridgehead atoms. The Balaban J connectivity index is 2.72. The second-order valence-electron chi connectivity index (χ2n) is 5.07. The summed E-state index contributed by atoms with van der Waals surface area (Å²) in [5.74, 6) is -0.773. The van der Waals surface area contributed by atoms with E-state index in [0.717, 1.165) is 0 Å². The van der Waals surface area contributed by atoms with E-state index in [1.54, 1.807) is 31.2 Å². The molecule has 0 aromatic heterocycles. The molecule has 2 unspecified atom stereocenters. The lowest BCUT2D eigenvalue weighted by molar-refractivity contribution is -0.141. The van der Waals surface area contributed by atoms with Gasteiger partial charge in [0, 0.05) is 11.6 Å². The second-order valence-corrected chi connectivity index (χ2v) is 5.48. The number of hydrogen-bond acceptors (Lipinski definition) is 5. The van der Waals surface area contributed by atoms with Crippen molar-refractivity contribution in [2.75, 3.05) is 26.9 Å². The molecule has 24 heavy (non-hydrogen) atoms. The van der Waals surface area contributed by atoms with Gasteiger partial charge in [0.2, 0.25) is 5.91 Å². The maximum Gasteiger partial charge on any atom is 0.307 e. The molecule has 0 aliphatic rings. The maximum atomic E-state index is 12.3. The van der Waals surface area contributed by atoms with Crippen LogP contribution < -0.4 is 5.32 Å². The van der Waals surface area contributed by atoms with E-state index < -0.39 is 18.1 Å². The van der Waals surface area contributed by atoms with Crippen molar-refractivity contribution in [3.8, 4) is 0 Å². The molecule has 0 heterocycles. The van der Waals surface area contributed by atoms with Crippen LogP contribution in [0.5, 0.6) is 0 Å². The summed E-state index contributed by atoms with van der Waals surface area (Å²) in [6.07, 6.45) is -0.689. The van der Waals surface area contributed by atoms with Crippen molar-refractivity contribution in [1.29, 1.82) is 0 Å². The van der Waals surface area contributed by atoms with Gasteiger partial charge in [-0.25, -0.2) is 0 Å². The molecule has 6 nitrogen and oxygen atoms in total. The van der Waals surface area contributed by atoms with Gasteiger partial charge in [-0.2, -0.15) is 0 Å². The van der Waals surface area contributed by atoms with E-state index in [1.807, 2.05) is 6.92 Å². The van der Waals surface area contributed by atoms with Gasteiger partial charge in [-0.3, -0.25) is 9.59 Å². The molecule has 1 aromatic rings. The highest BCUT2D eigenvalue weighted by Crippen LogP contribution is 2.25. The Morgan fingerprint density at radius 1 is 1.25 bits per heavy atom. The lowest BCUT2D eigenvalue weighted by atomic mass is 10.0. The number of carbonyl (C=O) groups excluding carboxylic acids is 2. The molecular formula is C17H24ClNO5. The van der Waals surface area contributed by atoms with Crippen LogP contribution in [0.1, 0.15) is 31.9 Å². The summed E-state index contributed by atoms with van der Waals surface area (Å²) >= 11 is 6.18. The highest BCUT2D eigenvalue weighted by Gasteiger charge is 2.23. The van der Waals surface area contributed by atoms with E-state index in [9.17, 15) is 9.59 Å². The van der Waals surface area contributed by atoms with Crippen LogP contribution in [0.4, 0.5) is 0 Å². The zero-order valence-corrected chi connectivity index (χ0v) is 15.0. The Kier molecular flexibility index (Phi) is 9.37. The van der Waals surface area contributed by atoms with Crippen LogP contribution in [0, 0.1) is 0 Å². The summed E-state index contributed by atoms with van der Waals surface area (Å²) in [5.41, 5.74) is 0.652. The molecule has 1 N–H and O–H groups in total. The van der Waals surface area contributed by atoms with Crippen molar-refractivity contribution in [2.45, 2.75) is 32.4 Å². The monoisotopic (exact) mass is 357 g/mol. The number of esters is 1. The number of hydrogen-bond donors (Lipinski definition) is 1. The normalized spacial score (nSPS) is 13.2. The topological polar surface area (TPSA) is 73.9 Å². The van der Waals surface area contributed by atoms with Gasteiger partial charge in [-0.15, -0.1) is 0 Å². The van der Waals surface area contributed by atoms with Crippen LogP contribution in [0.2, 0.25) is 5.02 Å². The minimum atomic E-state index is -0.673. The Bertz CT molecular complexity index is 537. The summed E-state index contributed by atoms with van der Waals surface area (Å²) in [6, 6.07) is 6.45. The van der Waals surface area contributed by atoms with E-state index in [-0.39, 0.29) is 12.3 Å². The Hall–Kier alpha value is -1.63. The van der Waals surface area contributed by atoms with Gasteiger partial charge in [0.15, 0.2) is 0 Å². The Morgan fingerprint density at radius 3 is 2.58 bits per heavy atom. The minimum Gasteiger partial charge on any atom is -0.469 e. The second kappa shape index (κ2) is 11.0. The predicted octanol–water partition coefficient (Wildman–Crippen LogP) is 2.50.